The van der Waals surface area contributed by atoms with E-state index < -0.39 is 5.82 Å². The minimum absolute atomic E-state index is 0.105. The van der Waals surface area contributed by atoms with E-state index in [4.69, 9.17) is 5.73 Å². The third-order valence-corrected chi connectivity index (χ3v) is 3.54. The van der Waals surface area contributed by atoms with E-state index in [0.29, 0.717) is 0 Å². The first kappa shape index (κ1) is 13.0. The molecule has 2 rings (SSSR count). The van der Waals surface area contributed by atoms with Crippen LogP contribution in [0.25, 0.3) is 0 Å². The van der Waals surface area contributed by atoms with Crippen LogP contribution in [0.3, 0.4) is 0 Å². The number of hydrogen-bond donors (Lipinski definition) is 2. The van der Waals surface area contributed by atoms with E-state index in [2.05, 4.69) is 5.32 Å². The van der Waals surface area contributed by atoms with Gasteiger partial charge < -0.3 is 11.1 Å². The Bertz CT molecular complexity index is 447. The number of nitrogens with two attached hydrogens (primary N) is 1. The Balaban J connectivity index is 2.08. The van der Waals surface area contributed by atoms with Crippen LogP contribution in [0.4, 0.5) is 10.1 Å². The maximum atomic E-state index is 13.5. The zero-order valence-corrected chi connectivity index (χ0v) is 10.6. The van der Waals surface area contributed by atoms with Crippen molar-refractivity contribution in [1.29, 1.82) is 0 Å². The van der Waals surface area contributed by atoms with E-state index in [1.165, 1.54) is 6.07 Å². The van der Waals surface area contributed by atoms with Gasteiger partial charge in [-0.2, -0.15) is 0 Å². The van der Waals surface area contributed by atoms with Crippen LogP contribution in [0.1, 0.15) is 31.2 Å². The van der Waals surface area contributed by atoms with Crippen molar-refractivity contribution in [2.45, 2.75) is 38.6 Å². The average Bonchev–Trinajstić information content (AvgIpc) is 2.34. The predicted octanol–water partition coefficient (Wildman–Crippen LogP) is 2.59. The van der Waals surface area contributed by atoms with Crippen LogP contribution in [0.5, 0.6) is 0 Å². The summed E-state index contributed by atoms with van der Waals surface area (Å²) < 4.78 is 13.5. The van der Waals surface area contributed by atoms with Gasteiger partial charge in [0.1, 0.15) is 5.82 Å². The summed E-state index contributed by atoms with van der Waals surface area (Å²) in [6.07, 6.45) is 3.75. The van der Waals surface area contributed by atoms with Gasteiger partial charge in [-0.15, -0.1) is 0 Å². The van der Waals surface area contributed by atoms with Gasteiger partial charge in [-0.1, -0.05) is 18.9 Å². The summed E-state index contributed by atoms with van der Waals surface area (Å²) >= 11 is 0. The van der Waals surface area contributed by atoms with Gasteiger partial charge in [-0.3, -0.25) is 4.79 Å². The summed E-state index contributed by atoms with van der Waals surface area (Å²) in [5.41, 5.74) is 7.11. The number of rotatable bonds is 2. The van der Waals surface area contributed by atoms with Crippen molar-refractivity contribution in [2.75, 3.05) is 5.32 Å². The first-order valence-electron chi connectivity index (χ1n) is 6.40. The molecule has 2 atom stereocenters. The number of amides is 1. The molecule has 0 radical (unpaired) electrons. The van der Waals surface area contributed by atoms with Gasteiger partial charge in [0.05, 0.1) is 11.6 Å². The summed E-state index contributed by atoms with van der Waals surface area (Å²) in [6, 6.07) is 4.58. The largest absolute Gasteiger partial charge is 0.327 e. The number of hydrogen-bond acceptors (Lipinski definition) is 2. The van der Waals surface area contributed by atoms with Crippen LogP contribution in [-0.2, 0) is 4.79 Å². The lowest BCUT2D eigenvalue weighted by Gasteiger charge is -2.27. The highest BCUT2D eigenvalue weighted by atomic mass is 19.1. The minimum Gasteiger partial charge on any atom is -0.327 e. The van der Waals surface area contributed by atoms with Crippen LogP contribution in [0.2, 0.25) is 0 Å². The number of aryl methyl sites for hydroxylation is 1. The number of halogens is 1. The summed E-state index contributed by atoms with van der Waals surface area (Å²) in [5, 5.41) is 2.66. The fourth-order valence-corrected chi connectivity index (χ4v) is 2.45. The van der Waals surface area contributed by atoms with Crippen LogP contribution in [0.15, 0.2) is 18.2 Å². The Kier molecular flexibility index (Phi) is 3.97. The Labute approximate surface area is 107 Å². The molecular weight excluding hydrogens is 231 g/mol. The zero-order valence-electron chi connectivity index (χ0n) is 10.6. The lowest BCUT2D eigenvalue weighted by atomic mass is 9.84. The standard InChI is InChI=1S/C14H19FN2O/c1-9-6-7-11(15)13(8-9)17-14(18)10-4-2-3-5-12(10)16/h6-8,10,12H,2-5,16H2,1H3,(H,17,18). The normalized spacial score (nSPS) is 23.7. The van der Waals surface area contributed by atoms with Gasteiger partial charge in [0, 0.05) is 6.04 Å². The molecule has 0 heterocycles. The summed E-state index contributed by atoms with van der Waals surface area (Å²) in [5.74, 6) is -0.760. The lowest BCUT2D eigenvalue weighted by Crippen LogP contribution is -2.40. The molecule has 2 unspecified atom stereocenters. The molecule has 1 saturated carbocycles. The second-order valence-electron chi connectivity index (χ2n) is 5.03. The number of benzene rings is 1. The lowest BCUT2D eigenvalue weighted by molar-refractivity contribution is -0.121. The molecule has 4 heteroatoms. The number of anilines is 1. The predicted molar refractivity (Wildman–Crippen MR) is 69.7 cm³/mol. The molecular formula is C14H19FN2O. The van der Waals surface area contributed by atoms with Gasteiger partial charge >= 0.3 is 0 Å². The molecule has 3 N–H and O–H groups in total. The molecule has 0 saturated heterocycles. The number of carbonyl (C=O) groups is 1. The van der Waals surface area contributed by atoms with E-state index in [-0.39, 0.29) is 23.6 Å². The summed E-state index contributed by atoms with van der Waals surface area (Å²) in [6.45, 7) is 1.86. The molecule has 1 aromatic rings. The van der Waals surface area contributed by atoms with Gasteiger partial charge in [0.25, 0.3) is 0 Å². The number of nitrogens with one attached hydrogen (secondary N) is 1. The van der Waals surface area contributed by atoms with Gasteiger partial charge in [-0.05, 0) is 37.5 Å². The second kappa shape index (κ2) is 5.48. The second-order valence-corrected chi connectivity index (χ2v) is 5.03. The highest BCUT2D eigenvalue weighted by Gasteiger charge is 2.28. The molecule has 3 nitrogen and oxygen atoms in total. The quantitative estimate of drug-likeness (QED) is 0.847. The maximum absolute atomic E-state index is 13.5. The van der Waals surface area contributed by atoms with Crippen LogP contribution in [-0.4, -0.2) is 11.9 Å². The molecule has 0 aromatic heterocycles. The first-order valence-corrected chi connectivity index (χ1v) is 6.40. The van der Waals surface area contributed by atoms with Crippen molar-refractivity contribution in [3.8, 4) is 0 Å². The van der Waals surface area contributed by atoms with Crippen LogP contribution >= 0.6 is 0 Å². The van der Waals surface area contributed by atoms with Gasteiger partial charge in [0.15, 0.2) is 0 Å². The van der Waals surface area contributed by atoms with Crippen molar-refractivity contribution < 1.29 is 9.18 Å². The molecule has 0 spiro atoms. The highest BCUT2D eigenvalue weighted by molar-refractivity contribution is 5.93. The molecule has 1 aliphatic rings. The van der Waals surface area contributed by atoms with E-state index in [1.54, 1.807) is 12.1 Å². The third-order valence-electron chi connectivity index (χ3n) is 3.54. The van der Waals surface area contributed by atoms with Crippen molar-refractivity contribution in [2.24, 2.45) is 11.7 Å². The molecule has 1 fully saturated rings. The van der Waals surface area contributed by atoms with E-state index >= 15 is 0 Å². The summed E-state index contributed by atoms with van der Waals surface area (Å²) in [7, 11) is 0. The van der Waals surface area contributed by atoms with E-state index in [0.717, 1.165) is 31.2 Å². The topological polar surface area (TPSA) is 55.1 Å². The fourth-order valence-electron chi connectivity index (χ4n) is 2.45. The average molecular weight is 250 g/mol. The first-order chi connectivity index (χ1) is 8.58. The molecule has 98 valence electrons. The zero-order chi connectivity index (χ0) is 13.1. The van der Waals surface area contributed by atoms with Crippen LogP contribution in [0, 0.1) is 18.7 Å². The van der Waals surface area contributed by atoms with E-state index in [1.807, 2.05) is 6.92 Å². The Morgan fingerprint density at radius 2 is 2.11 bits per heavy atom. The minimum atomic E-state index is -0.404. The molecule has 18 heavy (non-hydrogen) atoms. The maximum Gasteiger partial charge on any atom is 0.229 e. The van der Waals surface area contributed by atoms with Gasteiger partial charge in [0.2, 0.25) is 5.91 Å². The molecule has 1 aromatic carbocycles. The highest BCUT2D eigenvalue weighted by Crippen LogP contribution is 2.25. The monoisotopic (exact) mass is 250 g/mol. The molecule has 0 bridgehead atoms. The Morgan fingerprint density at radius 3 is 2.83 bits per heavy atom. The van der Waals surface area contributed by atoms with Crippen molar-refractivity contribution in [3.63, 3.8) is 0 Å². The Morgan fingerprint density at radius 1 is 1.39 bits per heavy atom. The number of carbonyl (C=O) groups excluding carboxylic acids is 1. The molecule has 1 aliphatic carbocycles. The third kappa shape index (κ3) is 2.88. The SMILES string of the molecule is Cc1ccc(F)c(NC(=O)C2CCCCC2N)c1. The van der Waals surface area contributed by atoms with Gasteiger partial charge in [-0.25, -0.2) is 4.39 Å². The summed E-state index contributed by atoms with van der Waals surface area (Å²) in [4.78, 5) is 12.1. The van der Waals surface area contributed by atoms with Crippen molar-refractivity contribution >= 4 is 11.6 Å². The molecule has 0 aliphatic heterocycles. The van der Waals surface area contributed by atoms with Crippen LogP contribution < -0.4 is 11.1 Å². The Hall–Kier alpha value is -1.42. The molecule has 1 amide bonds. The van der Waals surface area contributed by atoms with Crippen molar-refractivity contribution in [3.05, 3.63) is 29.6 Å². The smallest absolute Gasteiger partial charge is 0.229 e. The van der Waals surface area contributed by atoms with Crippen molar-refractivity contribution in [1.82, 2.24) is 0 Å². The fraction of sp³-hybridized carbons (Fsp3) is 0.500. The van der Waals surface area contributed by atoms with E-state index in [9.17, 15) is 9.18 Å².